The first-order chi connectivity index (χ1) is 20.7. The number of H-pyrrole nitrogens is 1. The number of piperazine rings is 1. The summed E-state index contributed by atoms with van der Waals surface area (Å²) in [6.45, 7) is 10.1. The van der Waals surface area contributed by atoms with Crippen LogP contribution in [0, 0.1) is 11.8 Å². The number of aromatic nitrogens is 6. The number of carbonyl (C=O) groups excluding carboxylic acids is 1. The van der Waals surface area contributed by atoms with E-state index >= 15 is 0 Å². The zero-order valence-electron chi connectivity index (χ0n) is 24.5. The van der Waals surface area contributed by atoms with E-state index in [0.717, 1.165) is 30.9 Å². The molecule has 2 aliphatic rings. The number of carbonyl (C=O) groups is 1. The Balaban J connectivity index is 1.57. The monoisotopic (exact) mass is 606 g/mol. The van der Waals surface area contributed by atoms with Crippen LogP contribution in [0.2, 0.25) is 5.02 Å². The van der Waals surface area contributed by atoms with Crippen LogP contribution in [0.4, 0.5) is 10.7 Å². The largest absolute Gasteiger partial charge is 0.453 e. The van der Waals surface area contributed by atoms with Gasteiger partial charge < -0.3 is 19.1 Å². The third-order valence-corrected chi connectivity index (χ3v) is 8.81. The summed E-state index contributed by atoms with van der Waals surface area (Å²) in [4.78, 5) is 45.4. The molecular formula is C30H35ClN8O4. The summed E-state index contributed by atoms with van der Waals surface area (Å²) in [5.74, 6) is 1.46. The van der Waals surface area contributed by atoms with Gasteiger partial charge in [0.15, 0.2) is 0 Å². The Morgan fingerprint density at radius 3 is 2.65 bits per heavy atom. The number of imidazole rings is 1. The van der Waals surface area contributed by atoms with Crippen LogP contribution in [0.15, 0.2) is 46.5 Å². The molecule has 2 atom stereocenters. The number of amides is 1. The molecule has 13 heteroatoms. The van der Waals surface area contributed by atoms with Crippen molar-refractivity contribution in [2.75, 3.05) is 25.1 Å². The maximum Gasteiger partial charge on any atom is 0.439 e. The fraction of sp³-hybridized carbons (Fsp3) is 0.467. The van der Waals surface area contributed by atoms with Crippen molar-refractivity contribution >= 4 is 34.7 Å². The van der Waals surface area contributed by atoms with E-state index in [0.29, 0.717) is 52.4 Å². The van der Waals surface area contributed by atoms with Crippen molar-refractivity contribution in [2.24, 2.45) is 11.8 Å². The first kappa shape index (κ1) is 28.9. The molecule has 1 N–H and O–H groups in total. The SMILES string of the molecule is C=CC1CN(C(=O)OC)CC(C)N1c1nc2cc(-c3noc(=O)[nH]3)nc(-c3cncc(Cl)c3)c2n1CC1CCC(C)CC1. The lowest BCUT2D eigenvalue weighted by atomic mass is 9.83. The Morgan fingerprint density at radius 1 is 1.19 bits per heavy atom. The fourth-order valence-electron chi connectivity index (χ4n) is 6.42. The summed E-state index contributed by atoms with van der Waals surface area (Å²) in [7, 11) is 1.39. The molecule has 2 fully saturated rings. The van der Waals surface area contributed by atoms with E-state index in [1.165, 1.54) is 20.0 Å². The normalized spacial score (nSPS) is 22.6. The third kappa shape index (κ3) is 5.63. The molecule has 1 amide bonds. The zero-order chi connectivity index (χ0) is 30.2. The van der Waals surface area contributed by atoms with Crippen LogP contribution in [0.1, 0.15) is 39.5 Å². The van der Waals surface area contributed by atoms with Gasteiger partial charge in [-0.2, -0.15) is 0 Å². The molecule has 1 saturated heterocycles. The number of ether oxygens (including phenoxy) is 1. The van der Waals surface area contributed by atoms with Crippen molar-refractivity contribution in [3.63, 3.8) is 0 Å². The van der Waals surface area contributed by atoms with Gasteiger partial charge >= 0.3 is 11.8 Å². The highest BCUT2D eigenvalue weighted by Gasteiger charge is 2.37. The van der Waals surface area contributed by atoms with Gasteiger partial charge in [0.05, 0.1) is 34.9 Å². The van der Waals surface area contributed by atoms with Gasteiger partial charge in [-0.3, -0.25) is 14.5 Å². The van der Waals surface area contributed by atoms with Gasteiger partial charge in [-0.1, -0.05) is 42.6 Å². The molecule has 226 valence electrons. The van der Waals surface area contributed by atoms with Gasteiger partial charge in [0, 0.05) is 43.6 Å². The maximum absolute atomic E-state index is 12.5. The van der Waals surface area contributed by atoms with Crippen molar-refractivity contribution in [2.45, 2.75) is 58.2 Å². The first-order valence-electron chi connectivity index (χ1n) is 14.6. The molecule has 1 saturated carbocycles. The lowest BCUT2D eigenvalue weighted by Gasteiger charge is -2.44. The standard InChI is InChI=1S/C30H35ClN8O4/c1-5-22-16-37(30(41)42-4)14-18(3)39(22)28-34-23-11-24(27-35-29(40)43-36-27)33-25(20-10-21(31)13-32-12-20)26(23)38(28)15-19-8-6-17(2)7-9-19/h5,10-13,17-19,22H,1,6-9,14-16H2,2-4H3,(H,35,36,40). The molecule has 5 heterocycles. The van der Waals surface area contributed by atoms with Gasteiger partial charge in [-0.25, -0.2) is 19.6 Å². The second kappa shape index (κ2) is 11.8. The van der Waals surface area contributed by atoms with E-state index in [4.69, 9.17) is 30.8 Å². The Kier molecular flexibility index (Phi) is 7.95. The van der Waals surface area contributed by atoms with Crippen molar-refractivity contribution in [1.82, 2.24) is 34.6 Å². The van der Waals surface area contributed by atoms with Crippen molar-refractivity contribution in [3.8, 4) is 22.8 Å². The number of fused-ring (bicyclic) bond motifs is 1. The van der Waals surface area contributed by atoms with Crippen LogP contribution >= 0.6 is 11.6 Å². The molecule has 4 aromatic rings. The molecule has 1 aliphatic carbocycles. The highest BCUT2D eigenvalue weighted by molar-refractivity contribution is 6.30. The van der Waals surface area contributed by atoms with Crippen LogP contribution < -0.4 is 10.7 Å². The van der Waals surface area contributed by atoms with E-state index in [1.807, 2.05) is 18.2 Å². The highest BCUT2D eigenvalue weighted by atomic mass is 35.5. The fourth-order valence-corrected chi connectivity index (χ4v) is 6.60. The number of halogens is 1. The van der Waals surface area contributed by atoms with E-state index < -0.39 is 5.76 Å². The van der Waals surface area contributed by atoms with Crippen molar-refractivity contribution in [1.29, 1.82) is 0 Å². The number of pyridine rings is 2. The molecule has 4 aromatic heterocycles. The molecule has 6 rings (SSSR count). The Bertz CT molecular complexity index is 1710. The molecule has 12 nitrogen and oxygen atoms in total. The van der Waals surface area contributed by atoms with Gasteiger partial charge in [0.25, 0.3) is 0 Å². The van der Waals surface area contributed by atoms with Crippen LogP contribution in [0.5, 0.6) is 0 Å². The lowest BCUT2D eigenvalue weighted by molar-refractivity contribution is 0.111. The van der Waals surface area contributed by atoms with Crippen LogP contribution in [0.25, 0.3) is 33.8 Å². The van der Waals surface area contributed by atoms with Crippen LogP contribution in [0.3, 0.4) is 0 Å². The molecular weight excluding hydrogens is 572 g/mol. The minimum absolute atomic E-state index is 0.0894. The maximum atomic E-state index is 12.5. The Hall–Kier alpha value is -4.19. The molecule has 0 spiro atoms. The second-order valence-corrected chi connectivity index (χ2v) is 12.1. The number of nitrogens with zero attached hydrogens (tertiary/aromatic N) is 7. The predicted octanol–water partition coefficient (Wildman–Crippen LogP) is 5.15. The lowest BCUT2D eigenvalue weighted by Crippen LogP contribution is -2.59. The second-order valence-electron chi connectivity index (χ2n) is 11.6. The van der Waals surface area contributed by atoms with Gasteiger partial charge in [0.1, 0.15) is 5.69 Å². The molecule has 43 heavy (non-hydrogen) atoms. The van der Waals surface area contributed by atoms with E-state index in [9.17, 15) is 9.59 Å². The summed E-state index contributed by atoms with van der Waals surface area (Å²) in [6, 6.07) is 3.33. The average Bonchev–Trinajstić information content (AvgIpc) is 3.60. The number of aromatic amines is 1. The number of methoxy groups -OCH3 is 1. The summed E-state index contributed by atoms with van der Waals surface area (Å²) in [5.41, 5.74) is 3.23. The van der Waals surface area contributed by atoms with Crippen molar-refractivity contribution < 1.29 is 14.1 Å². The van der Waals surface area contributed by atoms with Crippen LogP contribution in [-0.4, -0.2) is 72.9 Å². The van der Waals surface area contributed by atoms with Gasteiger partial charge in [-0.15, -0.1) is 6.58 Å². The molecule has 1 aliphatic heterocycles. The summed E-state index contributed by atoms with van der Waals surface area (Å²) < 4.78 is 12.1. The zero-order valence-corrected chi connectivity index (χ0v) is 25.3. The van der Waals surface area contributed by atoms with E-state index in [-0.39, 0.29) is 24.0 Å². The number of anilines is 1. The number of hydrogen-bond acceptors (Lipinski definition) is 9. The van der Waals surface area contributed by atoms with Crippen molar-refractivity contribution in [3.05, 3.63) is 52.8 Å². The summed E-state index contributed by atoms with van der Waals surface area (Å²) >= 11 is 6.40. The van der Waals surface area contributed by atoms with Gasteiger partial charge in [0.2, 0.25) is 11.8 Å². The highest BCUT2D eigenvalue weighted by Crippen LogP contribution is 2.38. The first-order valence-corrected chi connectivity index (χ1v) is 15.0. The summed E-state index contributed by atoms with van der Waals surface area (Å²) in [6.07, 6.45) is 9.38. The molecule has 2 unspecified atom stereocenters. The van der Waals surface area contributed by atoms with E-state index in [1.54, 1.807) is 17.3 Å². The minimum Gasteiger partial charge on any atom is -0.453 e. The van der Waals surface area contributed by atoms with Gasteiger partial charge in [-0.05, 0) is 43.7 Å². The Labute approximate surface area is 253 Å². The average molecular weight is 607 g/mol. The van der Waals surface area contributed by atoms with Crippen LogP contribution in [-0.2, 0) is 11.3 Å². The molecule has 0 aromatic carbocycles. The number of nitrogens with one attached hydrogen (secondary N) is 1. The molecule has 0 radical (unpaired) electrons. The minimum atomic E-state index is -0.674. The molecule has 0 bridgehead atoms. The Morgan fingerprint density at radius 2 is 1.98 bits per heavy atom. The topological polar surface area (TPSA) is 135 Å². The number of hydrogen-bond donors (Lipinski definition) is 1. The number of rotatable bonds is 6. The van der Waals surface area contributed by atoms with E-state index in [2.05, 4.69) is 45.0 Å². The summed E-state index contributed by atoms with van der Waals surface area (Å²) in [5, 5.41) is 4.35. The quantitative estimate of drug-likeness (QED) is 0.296. The smallest absolute Gasteiger partial charge is 0.439 e. The third-order valence-electron chi connectivity index (χ3n) is 8.60. The predicted molar refractivity (Wildman–Crippen MR) is 163 cm³/mol.